The van der Waals surface area contributed by atoms with Gasteiger partial charge in [-0.05, 0) is 129 Å². The van der Waals surface area contributed by atoms with Crippen LogP contribution < -0.4 is 9.47 Å². The zero-order valence-corrected chi connectivity index (χ0v) is 36.0. The Morgan fingerprint density at radius 2 is 0.875 bits per heavy atom. The lowest BCUT2D eigenvalue weighted by Crippen LogP contribution is -1.99. The minimum Gasteiger partial charge on any atom is -0.489 e. The normalized spacial score (nSPS) is 11.1. The van der Waals surface area contributed by atoms with Crippen molar-refractivity contribution in [1.29, 1.82) is 0 Å². The van der Waals surface area contributed by atoms with Crippen molar-refractivity contribution >= 4 is 34.3 Å². The Labute approximate surface area is 349 Å². The van der Waals surface area contributed by atoms with E-state index in [1.54, 1.807) is 22.7 Å². The largest absolute Gasteiger partial charge is 0.489 e. The highest BCUT2D eigenvalue weighted by Crippen LogP contribution is 2.31. The molecule has 0 unspecified atom stereocenters. The quantitative estimate of drug-likeness (QED) is 0.0781. The second-order valence-corrected chi connectivity index (χ2v) is 16.8. The predicted molar refractivity (Wildman–Crippen MR) is 242 cm³/mol. The Hall–Kier alpha value is -3.87. The molecule has 56 heavy (non-hydrogen) atoms. The maximum absolute atomic E-state index is 9.21. The van der Waals surface area contributed by atoms with Gasteiger partial charge in [0.15, 0.2) is 0 Å². The van der Waals surface area contributed by atoms with Gasteiger partial charge in [0.1, 0.15) is 24.7 Å². The average molecular weight is 808 g/mol. The molecule has 296 valence electrons. The van der Waals surface area contributed by atoms with E-state index in [2.05, 4.69) is 142 Å². The summed E-state index contributed by atoms with van der Waals surface area (Å²) in [6, 6.07) is 38.6. The van der Waals surface area contributed by atoms with E-state index in [1.807, 2.05) is 6.07 Å². The first kappa shape index (κ1) is 43.3. The van der Waals surface area contributed by atoms with Gasteiger partial charge < -0.3 is 14.6 Å². The van der Waals surface area contributed by atoms with Crippen molar-refractivity contribution in [2.24, 2.45) is 0 Å². The molecule has 6 heteroatoms. The van der Waals surface area contributed by atoms with Gasteiger partial charge in [0.25, 0.3) is 0 Å². The molecule has 6 rings (SSSR count). The zero-order valence-electron chi connectivity index (χ0n) is 33.6. The van der Waals surface area contributed by atoms with E-state index in [-0.39, 0.29) is 6.61 Å². The minimum atomic E-state index is 0.104. The third kappa shape index (κ3) is 13.1. The van der Waals surface area contributed by atoms with Gasteiger partial charge in [-0.3, -0.25) is 0 Å². The Kier molecular flexibility index (Phi) is 18.1. The fraction of sp³-hybridized carbons (Fsp3) is 0.360. The first-order valence-corrected chi connectivity index (χ1v) is 22.7. The summed E-state index contributed by atoms with van der Waals surface area (Å²) >= 11 is 9.20. The van der Waals surface area contributed by atoms with Gasteiger partial charge in [-0.15, -0.1) is 34.3 Å². The van der Waals surface area contributed by atoms with E-state index in [0.717, 1.165) is 27.5 Å². The van der Waals surface area contributed by atoms with Crippen molar-refractivity contribution in [2.75, 3.05) is 0 Å². The van der Waals surface area contributed by atoms with Crippen molar-refractivity contribution in [3.05, 3.63) is 152 Å². The summed E-state index contributed by atoms with van der Waals surface area (Å²) in [4.78, 5) is 2.19. The van der Waals surface area contributed by atoms with Crippen LogP contribution in [0, 0.1) is 0 Å². The van der Waals surface area contributed by atoms with Crippen LogP contribution in [0.2, 0.25) is 0 Å². The molecule has 0 saturated carbocycles. The standard InChI is InChI=1S/C25H29ClOS.C25H30O2S/c2*1-3-5-20(6-4-2)21-11-13-24(14-12-21)27-17-19-7-9-22(10-8-19)23-15-25(16-26)28-18-23/h7-15,18,20H,3-6,16-17H2,1-2H3;7-15,18,20,26H,3-6,16-17H2,1-2H3. The first-order valence-electron chi connectivity index (χ1n) is 20.4. The molecule has 0 aliphatic heterocycles. The fourth-order valence-electron chi connectivity index (χ4n) is 7.16. The molecule has 2 aromatic heterocycles. The molecule has 0 aliphatic carbocycles. The highest BCUT2D eigenvalue weighted by Gasteiger charge is 2.11. The van der Waals surface area contributed by atoms with Crippen molar-refractivity contribution in [3.8, 4) is 33.8 Å². The molecule has 0 bridgehead atoms. The summed E-state index contributed by atoms with van der Waals surface area (Å²) in [5.74, 6) is 3.77. The molecule has 0 saturated heterocycles. The Morgan fingerprint density at radius 3 is 1.20 bits per heavy atom. The molecule has 0 atom stereocenters. The third-order valence-electron chi connectivity index (χ3n) is 10.2. The summed E-state index contributed by atoms with van der Waals surface area (Å²) in [7, 11) is 0. The molecule has 1 N–H and O–H groups in total. The van der Waals surface area contributed by atoms with Gasteiger partial charge in [-0.2, -0.15) is 0 Å². The van der Waals surface area contributed by atoms with Crippen molar-refractivity contribution < 1.29 is 14.6 Å². The van der Waals surface area contributed by atoms with E-state index in [1.165, 1.54) is 89.6 Å². The first-order chi connectivity index (χ1) is 27.5. The summed E-state index contributed by atoms with van der Waals surface area (Å²) in [6.07, 6.45) is 9.95. The summed E-state index contributed by atoms with van der Waals surface area (Å²) in [6.45, 7) is 10.3. The van der Waals surface area contributed by atoms with E-state index >= 15 is 0 Å². The van der Waals surface area contributed by atoms with E-state index in [4.69, 9.17) is 21.1 Å². The number of alkyl halides is 1. The molecule has 2 heterocycles. The van der Waals surface area contributed by atoms with Crippen molar-refractivity contribution in [1.82, 2.24) is 0 Å². The number of ether oxygens (including phenoxy) is 2. The van der Waals surface area contributed by atoms with Crippen LogP contribution >= 0.6 is 34.3 Å². The van der Waals surface area contributed by atoms with Crippen LogP contribution in [0.25, 0.3) is 22.3 Å². The number of hydrogen-bond donors (Lipinski definition) is 1. The van der Waals surface area contributed by atoms with Crippen LogP contribution in [-0.2, 0) is 25.7 Å². The Bertz CT molecular complexity index is 1800. The number of aliphatic hydroxyl groups excluding tert-OH is 1. The van der Waals surface area contributed by atoms with Gasteiger partial charge in [0.2, 0.25) is 0 Å². The number of benzene rings is 4. The molecule has 6 aromatic rings. The van der Waals surface area contributed by atoms with Gasteiger partial charge in [-0.1, -0.05) is 126 Å². The molecule has 0 amide bonds. The monoisotopic (exact) mass is 806 g/mol. The predicted octanol–water partition coefficient (Wildman–Crippen LogP) is 15.6. The fourth-order valence-corrected chi connectivity index (χ4v) is 8.92. The second-order valence-electron chi connectivity index (χ2n) is 14.6. The van der Waals surface area contributed by atoms with Crippen LogP contribution in [0.4, 0.5) is 0 Å². The lowest BCUT2D eigenvalue weighted by molar-refractivity contribution is 0.285. The summed E-state index contributed by atoms with van der Waals surface area (Å²) < 4.78 is 12.0. The van der Waals surface area contributed by atoms with Gasteiger partial charge >= 0.3 is 0 Å². The minimum absolute atomic E-state index is 0.104. The van der Waals surface area contributed by atoms with Crippen LogP contribution in [0.1, 0.15) is 123 Å². The SMILES string of the molecule is CCCC(CCC)c1ccc(OCc2ccc(-c3csc(CCl)c3)cc2)cc1.CCCC(CCC)c1ccc(OCc2ccc(-c3csc(CO)c3)cc2)cc1. The molecule has 3 nitrogen and oxygen atoms in total. The van der Waals surface area contributed by atoms with E-state index in [0.29, 0.717) is 30.9 Å². The zero-order chi connectivity index (χ0) is 39.5. The molecule has 0 radical (unpaired) electrons. The lowest BCUT2D eigenvalue weighted by atomic mass is 9.90. The maximum Gasteiger partial charge on any atom is 0.119 e. The highest BCUT2D eigenvalue weighted by atomic mass is 35.5. The van der Waals surface area contributed by atoms with Crippen molar-refractivity contribution in [2.45, 2.75) is 117 Å². The number of aliphatic hydroxyl groups is 1. The van der Waals surface area contributed by atoms with Crippen LogP contribution in [0.3, 0.4) is 0 Å². The number of thiophene rings is 2. The highest BCUT2D eigenvalue weighted by molar-refractivity contribution is 7.10. The molecular formula is C50H59ClO3S2. The van der Waals surface area contributed by atoms with E-state index in [9.17, 15) is 5.11 Å². The number of rotatable bonds is 20. The molecule has 4 aromatic carbocycles. The lowest BCUT2D eigenvalue weighted by Gasteiger charge is -2.16. The van der Waals surface area contributed by atoms with Crippen molar-refractivity contribution in [3.63, 3.8) is 0 Å². The summed E-state index contributed by atoms with van der Waals surface area (Å²) in [5, 5.41) is 13.5. The van der Waals surface area contributed by atoms with Crippen LogP contribution in [0.5, 0.6) is 11.5 Å². The summed E-state index contributed by atoms with van der Waals surface area (Å²) in [5.41, 5.74) is 9.98. The van der Waals surface area contributed by atoms with Crippen LogP contribution in [0.15, 0.2) is 120 Å². The van der Waals surface area contributed by atoms with Crippen LogP contribution in [-0.4, -0.2) is 5.11 Å². The van der Waals surface area contributed by atoms with E-state index < -0.39 is 0 Å². The third-order valence-corrected chi connectivity index (χ3v) is 12.5. The Morgan fingerprint density at radius 1 is 0.500 bits per heavy atom. The molecular weight excluding hydrogens is 748 g/mol. The number of halogens is 1. The molecule has 0 fully saturated rings. The topological polar surface area (TPSA) is 38.7 Å². The smallest absolute Gasteiger partial charge is 0.119 e. The Balaban J connectivity index is 0.000000214. The van der Waals surface area contributed by atoms with Gasteiger partial charge in [-0.25, -0.2) is 0 Å². The number of hydrogen-bond acceptors (Lipinski definition) is 5. The molecule has 0 spiro atoms. The molecule has 0 aliphatic rings. The van der Waals surface area contributed by atoms with Gasteiger partial charge in [0, 0.05) is 9.75 Å². The maximum atomic E-state index is 9.21. The van der Waals surface area contributed by atoms with Gasteiger partial charge in [0.05, 0.1) is 12.5 Å². The average Bonchev–Trinajstić information content (AvgIpc) is 3.94. The second kappa shape index (κ2) is 23.4.